The zero-order chi connectivity index (χ0) is 6.97. The Labute approximate surface area is 57.0 Å². The normalized spacial score (nSPS) is 10.4. The Morgan fingerprint density at radius 3 is 3.30 bits per heavy atom. The van der Waals surface area contributed by atoms with Gasteiger partial charge in [-0.3, -0.25) is 0 Å². The van der Waals surface area contributed by atoms with Crippen molar-refractivity contribution in [1.82, 2.24) is 10.2 Å². The van der Waals surface area contributed by atoms with Crippen molar-refractivity contribution < 1.29 is 4.42 Å². The monoisotopic (exact) mass is 135 g/mol. The third kappa shape index (κ3) is 0.621. The minimum absolute atomic E-state index is 0.522. The van der Waals surface area contributed by atoms with E-state index in [1.807, 2.05) is 0 Å². The van der Waals surface area contributed by atoms with Gasteiger partial charge in [-0.25, -0.2) is 0 Å². The second-order valence-electron chi connectivity index (χ2n) is 1.99. The fourth-order valence-electron chi connectivity index (χ4n) is 0.785. The summed E-state index contributed by atoms with van der Waals surface area (Å²) in [6.45, 7) is 0. The topological polar surface area (TPSA) is 64.9 Å². The first-order valence-electron chi connectivity index (χ1n) is 2.82. The van der Waals surface area contributed by atoms with E-state index in [4.69, 9.17) is 10.2 Å². The summed E-state index contributed by atoms with van der Waals surface area (Å²) in [6, 6.07) is 1.76. The molecule has 0 radical (unpaired) electrons. The molecule has 0 aliphatic carbocycles. The largest absolute Gasteiger partial charge is 0.443 e. The van der Waals surface area contributed by atoms with Gasteiger partial charge in [0, 0.05) is 0 Å². The summed E-state index contributed by atoms with van der Waals surface area (Å²) in [7, 11) is 0. The number of hydrogen-bond acceptors (Lipinski definition) is 4. The number of aromatic nitrogens is 2. The maximum atomic E-state index is 5.43. The number of nitrogen functional groups attached to an aromatic ring is 1. The lowest BCUT2D eigenvalue weighted by Crippen LogP contribution is -1.84. The number of nitrogens with two attached hydrogens (primary N) is 1. The highest BCUT2D eigenvalue weighted by Crippen LogP contribution is 2.20. The second kappa shape index (κ2) is 1.70. The standard InChI is InChI=1S/C6H5N3O/c7-5-1-4-2-8-9-6(4)10-3-5/h1-3H,7H2. The van der Waals surface area contributed by atoms with Gasteiger partial charge < -0.3 is 10.2 Å². The van der Waals surface area contributed by atoms with Crippen LogP contribution in [0.1, 0.15) is 0 Å². The summed E-state index contributed by atoms with van der Waals surface area (Å²) in [4.78, 5) is 0. The third-order valence-corrected chi connectivity index (χ3v) is 1.22. The summed E-state index contributed by atoms with van der Waals surface area (Å²) in [6.07, 6.45) is 3.05. The van der Waals surface area contributed by atoms with E-state index < -0.39 is 0 Å². The van der Waals surface area contributed by atoms with Crippen LogP contribution in [-0.2, 0) is 0 Å². The molecule has 4 heteroatoms. The van der Waals surface area contributed by atoms with Gasteiger partial charge in [-0.05, 0) is 6.07 Å². The van der Waals surface area contributed by atoms with E-state index in [1.54, 1.807) is 12.3 Å². The fourth-order valence-corrected chi connectivity index (χ4v) is 0.785. The summed E-state index contributed by atoms with van der Waals surface area (Å²) in [5.74, 6) is 0.522. The average molecular weight is 135 g/mol. The zero-order valence-electron chi connectivity index (χ0n) is 5.11. The quantitative estimate of drug-likeness (QED) is 0.579. The Morgan fingerprint density at radius 2 is 2.40 bits per heavy atom. The second-order valence-corrected chi connectivity index (χ2v) is 1.99. The molecule has 0 aromatic heterocycles. The van der Waals surface area contributed by atoms with Crippen molar-refractivity contribution in [2.24, 2.45) is 0 Å². The molecule has 0 aromatic rings. The number of rotatable bonds is 0. The van der Waals surface area contributed by atoms with Gasteiger partial charge in [-0.2, -0.15) is 5.10 Å². The lowest BCUT2D eigenvalue weighted by Gasteiger charge is -1.93. The first kappa shape index (κ1) is 5.22. The molecule has 0 saturated heterocycles. The maximum absolute atomic E-state index is 5.43. The van der Waals surface area contributed by atoms with Crippen molar-refractivity contribution in [3.63, 3.8) is 0 Å². The van der Waals surface area contributed by atoms with Gasteiger partial charge in [0.2, 0.25) is 5.89 Å². The van der Waals surface area contributed by atoms with Crippen LogP contribution in [0, 0.1) is 0 Å². The molecule has 0 saturated carbocycles. The number of nitrogens with zero attached hydrogens (tertiary/aromatic N) is 2. The highest BCUT2D eigenvalue weighted by atomic mass is 16.3. The molecule has 0 fully saturated rings. The van der Waals surface area contributed by atoms with E-state index in [0.717, 1.165) is 5.56 Å². The predicted molar refractivity (Wildman–Crippen MR) is 35.3 cm³/mol. The van der Waals surface area contributed by atoms with Gasteiger partial charge in [-0.15, -0.1) is 5.10 Å². The average Bonchev–Trinajstić information content (AvgIpc) is 2.33. The summed E-state index contributed by atoms with van der Waals surface area (Å²) in [5.41, 5.74) is 6.85. The minimum Gasteiger partial charge on any atom is -0.443 e. The van der Waals surface area contributed by atoms with Crippen molar-refractivity contribution in [2.75, 3.05) is 5.73 Å². The highest BCUT2D eigenvalue weighted by molar-refractivity contribution is 5.58. The van der Waals surface area contributed by atoms with Crippen LogP contribution in [0.4, 0.5) is 5.69 Å². The van der Waals surface area contributed by atoms with Gasteiger partial charge in [0.1, 0.15) is 6.26 Å². The van der Waals surface area contributed by atoms with Crippen LogP contribution < -0.4 is 5.73 Å². The number of hydrogen-bond donors (Lipinski definition) is 1. The summed E-state index contributed by atoms with van der Waals surface area (Å²) < 4.78 is 4.98. The van der Waals surface area contributed by atoms with E-state index in [0.29, 0.717) is 11.6 Å². The van der Waals surface area contributed by atoms with E-state index in [-0.39, 0.29) is 0 Å². The van der Waals surface area contributed by atoms with E-state index in [2.05, 4.69) is 10.2 Å². The molecule has 0 atom stereocenters. The molecule has 2 aliphatic rings. The molecule has 50 valence electrons. The minimum atomic E-state index is 0.522. The van der Waals surface area contributed by atoms with Crippen LogP contribution in [0.5, 0.6) is 0 Å². The van der Waals surface area contributed by atoms with Crippen LogP contribution in [0.15, 0.2) is 22.9 Å². The first-order chi connectivity index (χ1) is 4.86. The lowest BCUT2D eigenvalue weighted by atomic mass is 10.3. The number of fused-ring (bicyclic) bond motifs is 1. The van der Waals surface area contributed by atoms with Crippen molar-refractivity contribution in [2.45, 2.75) is 0 Å². The van der Waals surface area contributed by atoms with Gasteiger partial charge in [0.05, 0.1) is 17.4 Å². The summed E-state index contributed by atoms with van der Waals surface area (Å²) in [5, 5.41) is 7.33. The molecule has 0 aromatic carbocycles. The van der Waals surface area contributed by atoms with E-state index in [1.165, 1.54) is 6.26 Å². The molecule has 4 nitrogen and oxygen atoms in total. The van der Waals surface area contributed by atoms with Gasteiger partial charge in [0.25, 0.3) is 0 Å². The molecule has 0 unspecified atom stereocenters. The van der Waals surface area contributed by atoms with Gasteiger partial charge in [0.15, 0.2) is 0 Å². The van der Waals surface area contributed by atoms with Crippen LogP contribution in [0.25, 0.3) is 11.5 Å². The Morgan fingerprint density at radius 1 is 1.50 bits per heavy atom. The lowest BCUT2D eigenvalue weighted by molar-refractivity contribution is 0.549. The molecule has 0 spiro atoms. The van der Waals surface area contributed by atoms with Crippen molar-refractivity contribution in [3.05, 3.63) is 18.5 Å². The Kier molecular flexibility index (Phi) is 0.887. The molecule has 2 rings (SSSR count). The Balaban J connectivity index is 2.75. The molecular weight excluding hydrogens is 130 g/mol. The van der Waals surface area contributed by atoms with Crippen LogP contribution >= 0.6 is 0 Å². The molecule has 2 heterocycles. The van der Waals surface area contributed by atoms with Crippen LogP contribution in [0.2, 0.25) is 0 Å². The molecule has 0 amide bonds. The van der Waals surface area contributed by atoms with E-state index >= 15 is 0 Å². The van der Waals surface area contributed by atoms with Gasteiger partial charge >= 0.3 is 0 Å². The third-order valence-electron chi connectivity index (χ3n) is 1.22. The Bertz CT molecular complexity index is 317. The molecule has 2 N–H and O–H groups in total. The summed E-state index contributed by atoms with van der Waals surface area (Å²) >= 11 is 0. The highest BCUT2D eigenvalue weighted by Gasteiger charge is 2.05. The first-order valence-corrected chi connectivity index (χ1v) is 2.82. The van der Waals surface area contributed by atoms with E-state index in [9.17, 15) is 0 Å². The molecule has 0 bridgehead atoms. The predicted octanol–water partition coefficient (Wildman–Crippen LogP) is 0.757. The zero-order valence-corrected chi connectivity index (χ0v) is 5.11. The van der Waals surface area contributed by atoms with Crippen LogP contribution in [-0.4, -0.2) is 10.2 Å². The Hall–Kier alpha value is -1.58. The fraction of sp³-hybridized carbons (Fsp3) is 0. The molecular formula is C6H5N3O. The smallest absolute Gasteiger partial charge is 0.247 e. The SMILES string of the molecule is Nc1coc2nncc-2c1. The van der Waals surface area contributed by atoms with Crippen LogP contribution in [0.3, 0.4) is 0 Å². The van der Waals surface area contributed by atoms with Crippen molar-refractivity contribution in [3.8, 4) is 11.5 Å². The molecule has 2 aliphatic heterocycles. The van der Waals surface area contributed by atoms with Crippen molar-refractivity contribution in [1.29, 1.82) is 0 Å². The number of anilines is 1. The maximum Gasteiger partial charge on any atom is 0.247 e. The van der Waals surface area contributed by atoms with Gasteiger partial charge in [-0.1, -0.05) is 0 Å². The molecule has 10 heavy (non-hydrogen) atoms. The van der Waals surface area contributed by atoms with Crippen molar-refractivity contribution >= 4 is 5.69 Å².